The number of rotatable bonds is 5. The summed E-state index contributed by atoms with van der Waals surface area (Å²) in [5.74, 6) is 0.0832. The van der Waals surface area contributed by atoms with Gasteiger partial charge in [0.2, 0.25) is 5.91 Å². The molecule has 1 saturated carbocycles. The van der Waals surface area contributed by atoms with Crippen molar-refractivity contribution < 1.29 is 4.79 Å². The zero-order chi connectivity index (χ0) is 9.68. The highest BCUT2D eigenvalue weighted by molar-refractivity contribution is 5.78. The Morgan fingerprint density at radius 3 is 2.77 bits per heavy atom. The van der Waals surface area contributed by atoms with Crippen LogP contribution in [0.5, 0.6) is 0 Å². The highest BCUT2D eigenvalue weighted by Crippen LogP contribution is 2.22. The number of likely N-dealkylation sites (N-methyl/N-ethyl adjacent to an activating group) is 1. The maximum absolute atomic E-state index is 11.2. The van der Waals surface area contributed by atoms with Gasteiger partial charge in [0.05, 0.1) is 6.54 Å². The van der Waals surface area contributed by atoms with Crippen LogP contribution in [-0.4, -0.2) is 43.5 Å². The van der Waals surface area contributed by atoms with Gasteiger partial charge in [-0.2, -0.15) is 0 Å². The molecular weight excluding hydrogens is 166 g/mol. The monoisotopic (exact) mass is 185 g/mol. The summed E-state index contributed by atoms with van der Waals surface area (Å²) in [4.78, 5) is 13.4. The van der Waals surface area contributed by atoms with Crippen LogP contribution in [0.1, 0.15) is 19.3 Å². The number of nitrogens with two attached hydrogens (primary N) is 1. The number of hydrogen-bond donors (Lipinski definition) is 2. The van der Waals surface area contributed by atoms with Gasteiger partial charge in [-0.25, -0.2) is 0 Å². The molecule has 0 heterocycles. The molecule has 0 spiro atoms. The van der Waals surface area contributed by atoms with E-state index in [2.05, 4.69) is 10.2 Å². The molecule has 0 aromatic rings. The molecule has 76 valence electrons. The molecule has 0 radical (unpaired) electrons. The normalized spacial score (nSPS) is 17.2. The highest BCUT2D eigenvalue weighted by atomic mass is 16.2. The quantitative estimate of drug-likeness (QED) is 0.609. The van der Waals surface area contributed by atoms with E-state index >= 15 is 0 Å². The van der Waals surface area contributed by atoms with E-state index in [4.69, 9.17) is 5.73 Å². The minimum atomic E-state index is 0.0832. The van der Waals surface area contributed by atoms with Crippen LogP contribution in [0, 0.1) is 0 Å². The van der Waals surface area contributed by atoms with E-state index in [9.17, 15) is 4.79 Å². The van der Waals surface area contributed by atoms with E-state index in [1.807, 2.05) is 7.05 Å². The molecule has 0 atom stereocenters. The maximum atomic E-state index is 11.2. The number of nitrogens with zero attached hydrogens (tertiary/aromatic N) is 1. The first-order chi connectivity index (χ1) is 6.24. The molecule has 0 bridgehead atoms. The molecule has 3 N–H and O–H groups in total. The van der Waals surface area contributed by atoms with Crippen molar-refractivity contribution in [2.24, 2.45) is 5.73 Å². The Morgan fingerprint density at radius 1 is 1.62 bits per heavy atom. The van der Waals surface area contributed by atoms with Gasteiger partial charge in [-0.1, -0.05) is 6.42 Å². The minimum Gasteiger partial charge on any atom is -0.354 e. The number of carbonyl (C=O) groups is 1. The van der Waals surface area contributed by atoms with Crippen LogP contribution in [0.4, 0.5) is 0 Å². The van der Waals surface area contributed by atoms with Gasteiger partial charge in [-0.05, 0) is 19.9 Å². The Labute approximate surface area is 79.5 Å². The van der Waals surface area contributed by atoms with Gasteiger partial charge < -0.3 is 11.1 Å². The summed E-state index contributed by atoms with van der Waals surface area (Å²) in [6.07, 6.45) is 3.78. The fourth-order valence-corrected chi connectivity index (χ4v) is 1.45. The summed E-state index contributed by atoms with van der Waals surface area (Å²) >= 11 is 0. The van der Waals surface area contributed by atoms with Crippen molar-refractivity contribution >= 4 is 5.91 Å². The van der Waals surface area contributed by atoms with Gasteiger partial charge in [0, 0.05) is 19.1 Å². The van der Waals surface area contributed by atoms with E-state index in [1.54, 1.807) is 0 Å². The second kappa shape index (κ2) is 5.19. The number of hydrogen-bond acceptors (Lipinski definition) is 3. The average molecular weight is 185 g/mol. The van der Waals surface area contributed by atoms with Gasteiger partial charge in [0.25, 0.3) is 0 Å². The molecule has 1 fully saturated rings. The van der Waals surface area contributed by atoms with Crippen molar-refractivity contribution in [1.29, 1.82) is 0 Å². The van der Waals surface area contributed by atoms with E-state index in [0.29, 0.717) is 25.7 Å². The Hall–Kier alpha value is -0.610. The highest BCUT2D eigenvalue weighted by Gasteiger charge is 2.22. The first-order valence-electron chi connectivity index (χ1n) is 4.91. The van der Waals surface area contributed by atoms with Crippen LogP contribution in [0.15, 0.2) is 0 Å². The zero-order valence-electron chi connectivity index (χ0n) is 8.25. The topological polar surface area (TPSA) is 58.4 Å². The average Bonchev–Trinajstić information content (AvgIpc) is 1.97. The molecule has 0 aromatic heterocycles. The lowest BCUT2D eigenvalue weighted by Gasteiger charge is -2.34. The van der Waals surface area contributed by atoms with Crippen molar-refractivity contribution in [3.63, 3.8) is 0 Å². The zero-order valence-corrected chi connectivity index (χ0v) is 8.25. The molecule has 13 heavy (non-hydrogen) atoms. The molecule has 4 heteroatoms. The first-order valence-corrected chi connectivity index (χ1v) is 4.91. The molecule has 1 aliphatic carbocycles. The van der Waals surface area contributed by atoms with Crippen LogP contribution < -0.4 is 11.1 Å². The van der Waals surface area contributed by atoms with Gasteiger partial charge in [-0.3, -0.25) is 9.69 Å². The van der Waals surface area contributed by atoms with Gasteiger partial charge >= 0.3 is 0 Å². The summed E-state index contributed by atoms with van der Waals surface area (Å²) in [6.45, 7) is 1.60. The molecule has 1 amide bonds. The third-order valence-corrected chi connectivity index (χ3v) is 2.56. The minimum absolute atomic E-state index is 0.0832. The molecule has 4 nitrogen and oxygen atoms in total. The molecule has 1 rings (SSSR count). The van der Waals surface area contributed by atoms with E-state index < -0.39 is 0 Å². The molecular formula is C9H19N3O. The van der Waals surface area contributed by atoms with E-state index in [1.165, 1.54) is 19.3 Å². The largest absolute Gasteiger partial charge is 0.354 e. The van der Waals surface area contributed by atoms with Crippen molar-refractivity contribution in [2.75, 3.05) is 26.7 Å². The first kappa shape index (κ1) is 10.5. The van der Waals surface area contributed by atoms with Crippen molar-refractivity contribution in [2.45, 2.75) is 25.3 Å². The number of carbonyl (C=O) groups excluding carboxylic acids is 1. The lowest BCUT2D eigenvalue weighted by molar-refractivity contribution is -0.122. The third kappa shape index (κ3) is 3.32. The van der Waals surface area contributed by atoms with Crippen LogP contribution in [0.3, 0.4) is 0 Å². The molecule has 0 saturated heterocycles. The van der Waals surface area contributed by atoms with Crippen LogP contribution in [0.2, 0.25) is 0 Å². The lowest BCUT2D eigenvalue weighted by atomic mass is 9.92. The fourth-order valence-electron chi connectivity index (χ4n) is 1.45. The second-order valence-corrected chi connectivity index (χ2v) is 3.64. The summed E-state index contributed by atoms with van der Waals surface area (Å²) in [5.41, 5.74) is 5.28. The smallest absolute Gasteiger partial charge is 0.234 e. The predicted octanol–water partition coefficient (Wildman–Crippen LogP) is -0.454. The van der Waals surface area contributed by atoms with Gasteiger partial charge in [0.1, 0.15) is 0 Å². The Kier molecular flexibility index (Phi) is 4.18. The Bertz CT molecular complexity index is 168. The third-order valence-electron chi connectivity index (χ3n) is 2.56. The van der Waals surface area contributed by atoms with Gasteiger partial charge in [0.15, 0.2) is 0 Å². The summed E-state index contributed by atoms with van der Waals surface area (Å²) < 4.78 is 0. The molecule has 0 aliphatic heterocycles. The van der Waals surface area contributed by atoms with E-state index in [-0.39, 0.29) is 5.91 Å². The number of nitrogens with one attached hydrogen (secondary N) is 1. The fraction of sp³-hybridized carbons (Fsp3) is 0.889. The molecule has 0 aromatic carbocycles. The van der Waals surface area contributed by atoms with Crippen molar-refractivity contribution in [3.05, 3.63) is 0 Å². The molecule has 1 aliphatic rings. The number of amides is 1. The van der Waals surface area contributed by atoms with Crippen molar-refractivity contribution in [1.82, 2.24) is 10.2 Å². The molecule has 0 unspecified atom stereocenters. The summed E-state index contributed by atoms with van der Waals surface area (Å²) in [6, 6.07) is 0.628. The standard InChI is InChI=1S/C9H19N3O/c1-12(8-3-2-4-8)7-9(13)11-6-5-10/h8H,2-7,10H2,1H3,(H,11,13). The second-order valence-electron chi connectivity index (χ2n) is 3.64. The van der Waals surface area contributed by atoms with Gasteiger partial charge in [-0.15, -0.1) is 0 Å². The Balaban J connectivity index is 2.11. The van der Waals surface area contributed by atoms with Crippen LogP contribution >= 0.6 is 0 Å². The Morgan fingerprint density at radius 2 is 2.31 bits per heavy atom. The lowest BCUT2D eigenvalue weighted by Crippen LogP contribution is -2.44. The SMILES string of the molecule is CN(CC(=O)NCCN)C1CCC1. The van der Waals surface area contributed by atoms with Crippen LogP contribution in [0.25, 0.3) is 0 Å². The van der Waals surface area contributed by atoms with E-state index in [0.717, 1.165) is 0 Å². The summed E-state index contributed by atoms with van der Waals surface area (Å²) in [7, 11) is 2.01. The van der Waals surface area contributed by atoms with Crippen LogP contribution in [-0.2, 0) is 4.79 Å². The predicted molar refractivity (Wildman–Crippen MR) is 52.3 cm³/mol. The summed E-state index contributed by atoms with van der Waals surface area (Å²) in [5, 5.41) is 2.76. The maximum Gasteiger partial charge on any atom is 0.234 e. The van der Waals surface area contributed by atoms with Crippen molar-refractivity contribution in [3.8, 4) is 0 Å².